The molecule has 32 heavy (non-hydrogen) atoms. The monoisotopic (exact) mass is 417 g/mol. The molecule has 0 spiro atoms. The van der Waals surface area contributed by atoms with Crippen LogP contribution >= 0.6 is 0 Å². The van der Waals surface area contributed by atoms with E-state index in [1.807, 2.05) is 18.2 Å². The molecule has 7 rings (SSSR count). The van der Waals surface area contributed by atoms with Crippen molar-refractivity contribution >= 4 is 22.9 Å². The zero-order valence-corrected chi connectivity index (χ0v) is 18.2. The Balaban J connectivity index is 1.54. The summed E-state index contributed by atoms with van der Waals surface area (Å²) in [7, 11) is 0. The second-order valence-electron chi connectivity index (χ2n) is 9.94. The molecule has 0 radical (unpaired) electrons. The van der Waals surface area contributed by atoms with Crippen molar-refractivity contribution in [3.63, 3.8) is 0 Å². The lowest BCUT2D eigenvalue weighted by atomic mass is 9.72. The van der Waals surface area contributed by atoms with Crippen molar-refractivity contribution in [1.29, 1.82) is 0 Å². The van der Waals surface area contributed by atoms with Crippen LogP contribution in [0.5, 0.6) is 0 Å². The van der Waals surface area contributed by atoms with E-state index in [2.05, 4.69) is 67.3 Å². The molecule has 156 valence electrons. The van der Waals surface area contributed by atoms with Crippen molar-refractivity contribution in [2.75, 3.05) is 4.90 Å². The lowest BCUT2D eigenvalue weighted by Crippen LogP contribution is -2.35. The summed E-state index contributed by atoms with van der Waals surface area (Å²) in [6, 6.07) is 22.8. The van der Waals surface area contributed by atoms with E-state index in [4.69, 9.17) is 0 Å². The minimum atomic E-state index is -0.134. The van der Waals surface area contributed by atoms with Gasteiger partial charge in [-0.1, -0.05) is 68.4 Å². The highest BCUT2D eigenvalue weighted by Crippen LogP contribution is 2.58. The topological polar surface area (TPSA) is 37.4 Å². The summed E-state index contributed by atoms with van der Waals surface area (Å²) in [4.78, 5) is 29.2. The fraction of sp³-hybridized carbons (Fsp3) is 0.241. The van der Waals surface area contributed by atoms with Gasteiger partial charge in [0.1, 0.15) is 0 Å². The van der Waals surface area contributed by atoms with Crippen molar-refractivity contribution in [1.82, 2.24) is 0 Å². The number of ketones is 2. The molecule has 3 nitrogen and oxygen atoms in total. The van der Waals surface area contributed by atoms with E-state index in [1.54, 1.807) is 0 Å². The Labute approximate surface area is 187 Å². The van der Waals surface area contributed by atoms with Crippen LogP contribution in [0.15, 0.2) is 78.0 Å². The molecule has 3 aliphatic carbocycles. The Morgan fingerprint density at radius 1 is 0.812 bits per heavy atom. The fourth-order valence-electron chi connectivity index (χ4n) is 6.72. The maximum Gasteiger partial charge on any atom is 0.191 e. The molecule has 2 unspecified atom stereocenters. The minimum Gasteiger partial charge on any atom is -0.313 e. The molecule has 0 saturated heterocycles. The zero-order chi connectivity index (χ0) is 21.8. The van der Waals surface area contributed by atoms with E-state index >= 15 is 0 Å². The number of carbonyl (C=O) groups excluding carboxylic acids is 2. The Hall–Kier alpha value is -3.46. The van der Waals surface area contributed by atoms with Gasteiger partial charge in [-0.25, -0.2) is 0 Å². The third-order valence-electron chi connectivity index (χ3n) is 8.13. The van der Waals surface area contributed by atoms with Gasteiger partial charge in [-0.05, 0) is 41.7 Å². The zero-order valence-electron chi connectivity index (χ0n) is 18.2. The second kappa shape index (κ2) is 5.86. The average molecular weight is 418 g/mol. The van der Waals surface area contributed by atoms with Gasteiger partial charge in [-0.15, -0.1) is 0 Å². The van der Waals surface area contributed by atoms with Crippen molar-refractivity contribution in [2.45, 2.75) is 38.0 Å². The van der Waals surface area contributed by atoms with Gasteiger partial charge in [0, 0.05) is 51.0 Å². The molecule has 1 aliphatic heterocycles. The van der Waals surface area contributed by atoms with Crippen molar-refractivity contribution < 1.29 is 9.59 Å². The molecule has 0 bridgehead atoms. The third-order valence-corrected chi connectivity index (χ3v) is 8.13. The van der Waals surface area contributed by atoms with E-state index < -0.39 is 0 Å². The third kappa shape index (κ3) is 1.98. The van der Waals surface area contributed by atoms with Gasteiger partial charge in [0.2, 0.25) is 0 Å². The molecule has 0 N–H and O–H groups in total. The lowest BCUT2D eigenvalue weighted by molar-refractivity contribution is 0.0913. The second-order valence-corrected chi connectivity index (χ2v) is 9.94. The van der Waals surface area contributed by atoms with Gasteiger partial charge in [0.15, 0.2) is 11.6 Å². The minimum absolute atomic E-state index is 0.0841. The van der Waals surface area contributed by atoms with Crippen LogP contribution in [0.3, 0.4) is 0 Å². The molecule has 3 heteroatoms. The van der Waals surface area contributed by atoms with Gasteiger partial charge in [-0.2, -0.15) is 0 Å². The van der Waals surface area contributed by atoms with Crippen LogP contribution in [-0.2, 0) is 5.41 Å². The van der Waals surface area contributed by atoms with Gasteiger partial charge < -0.3 is 4.90 Å². The molecule has 1 heterocycles. The molecule has 0 fully saturated rings. The molecule has 0 saturated carbocycles. The molecule has 0 amide bonds. The quantitative estimate of drug-likeness (QED) is 0.466. The van der Waals surface area contributed by atoms with E-state index in [0.29, 0.717) is 0 Å². The van der Waals surface area contributed by atoms with Gasteiger partial charge in [0.25, 0.3) is 0 Å². The Bertz CT molecular complexity index is 1360. The summed E-state index contributed by atoms with van der Waals surface area (Å²) in [5.41, 5.74) is 9.09. The van der Waals surface area contributed by atoms with Crippen LogP contribution in [0.4, 0.5) is 11.4 Å². The van der Waals surface area contributed by atoms with Crippen molar-refractivity contribution in [2.24, 2.45) is 5.92 Å². The number of benzene rings is 3. The number of nitrogens with zero attached hydrogens (tertiary/aromatic N) is 1. The SMILES string of the molecule is CC1(C)c2ccccc2N(C2=C3C(=O)c4cccc5c4C3C(CC2)C5=O)c2ccccc21. The molecular formula is C29H23NO2. The average Bonchev–Trinajstić information content (AvgIpc) is 3.28. The number of hydrogen-bond acceptors (Lipinski definition) is 3. The highest BCUT2D eigenvalue weighted by atomic mass is 16.1. The first-order chi connectivity index (χ1) is 15.5. The molecule has 2 atom stereocenters. The van der Waals surface area contributed by atoms with Gasteiger partial charge in [0.05, 0.1) is 0 Å². The van der Waals surface area contributed by atoms with Crippen LogP contribution in [0.25, 0.3) is 0 Å². The summed E-state index contributed by atoms with van der Waals surface area (Å²) in [6.45, 7) is 4.55. The largest absolute Gasteiger partial charge is 0.313 e. The van der Waals surface area contributed by atoms with E-state index in [0.717, 1.165) is 52.2 Å². The lowest BCUT2D eigenvalue weighted by Gasteiger charge is -2.44. The van der Waals surface area contributed by atoms with Crippen LogP contribution in [0.2, 0.25) is 0 Å². The summed E-state index contributed by atoms with van der Waals surface area (Å²) in [5.74, 6) is 0.151. The summed E-state index contributed by atoms with van der Waals surface area (Å²) < 4.78 is 0. The highest BCUT2D eigenvalue weighted by molar-refractivity contribution is 6.21. The predicted octanol–water partition coefficient (Wildman–Crippen LogP) is 6.30. The molecule has 3 aromatic rings. The Morgan fingerprint density at radius 3 is 2.12 bits per heavy atom. The highest BCUT2D eigenvalue weighted by Gasteiger charge is 2.53. The number of rotatable bonds is 1. The van der Waals surface area contributed by atoms with Crippen LogP contribution < -0.4 is 4.90 Å². The number of carbonyl (C=O) groups is 2. The standard InChI is InChI=1S/C29H23NO2/c1-29(2)19-10-3-5-12-21(19)30(22-13-6-4-11-20(22)29)23-15-14-18-25-24-16(27(18)31)8-7-9-17(24)28(32)26(23)25/h3-13,18,25H,14-15H2,1-2H3. The van der Waals surface area contributed by atoms with Crippen LogP contribution in [0, 0.1) is 5.92 Å². The molecule has 3 aromatic carbocycles. The van der Waals surface area contributed by atoms with Crippen molar-refractivity contribution in [3.05, 3.63) is 106 Å². The number of hydrogen-bond donors (Lipinski definition) is 0. The number of fused-ring (bicyclic) bond motifs is 2. The van der Waals surface area contributed by atoms with Gasteiger partial charge in [-0.3, -0.25) is 9.59 Å². The maximum absolute atomic E-state index is 13.7. The van der Waals surface area contributed by atoms with Crippen LogP contribution in [-0.4, -0.2) is 11.6 Å². The first kappa shape index (κ1) is 18.1. The van der Waals surface area contributed by atoms with E-state index in [1.165, 1.54) is 11.1 Å². The normalized spacial score (nSPS) is 23.9. The summed E-state index contributed by atoms with van der Waals surface area (Å²) in [5, 5.41) is 0. The molecular weight excluding hydrogens is 394 g/mol. The Morgan fingerprint density at radius 2 is 1.44 bits per heavy atom. The van der Waals surface area contributed by atoms with Gasteiger partial charge >= 0.3 is 0 Å². The Kier molecular flexibility index (Phi) is 3.32. The predicted molar refractivity (Wildman–Crippen MR) is 125 cm³/mol. The smallest absolute Gasteiger partial charge is 0.191 e. The van der Waals surface area contributed by atoms with Crippen molar-refractivity contribution in [3.8, 4) is 0 Å². The first-order valence-electron chi connectivity index (χ1n) is 11.4. The first-order valence-corrected chi connectivity index (χ1v) is 11.4. The summed E-state index contributed by atoms with van der Waals surface area (Å²) >= 11 is 0. The number of para-hydroxylation sites is 2. The number of Topliss-reactive ketones (excluding diaryl/α,β-unsaturated/α-hetero) is 2. The molecule has 0 aromatic heterocycles. The van der Waals surface area contributed by atoms with Crippen LogP contribution in [0.1, 0.15) is 70.0 Å². The van der Waals surface area contributed by atoms with E-state index in [-0.39, 0.29) is 28.8 Å². The number of allylic oxidation sites excluding steroid dienone is 2. The molecule has 4 aliphatic rings. The number of anilines is 2. The van der Waals surface area contributed by atoms with E-state index in [9.17, 15) is 9.59 Å². The summed E-state index contributed by atoms with van der Waals surface area (Å²) in [6.07, 6.45) is 1.52. The fourth-order valence-corrected chi connectivity index (χ4v) is 6.72. The maximum atomic E-state index is 13.7.